The Balaban J connectivity index is 1.90. The van der Waals surface area contributed by atoms with Gasteiger partial charge in [-0.25, -0.2) is 4.79 Å². The van der Waals surface area contributed by atoms with E-state index in [4.69, 9.17) is 0 Å². The van der Waals surface area contributed by atoms with Gasteiger partial charge in [0, 0.05) is 18.8 Å². The van der Waals surface area contributed by atoms with Crippen molar-refractivity contribution in [1.29, 1.82) is 0 Å². The Labute approximate surface area is 157 Å². The largest absolute Gasteiger partial charge is 0.339 e. The van der Waals surface area contributed by atoms with E-state index in [1.165, 1.54) is 5.56 Å². The number of anilines is 1. The van der Waals surface area contributed by atoms with E-state index in [9.17, 15) is 4.79 Å². The summed E-state index contributed by atoms with van der Waals surface area (Å²) in [6.45, 7) is 7.20. The van der Waals surface area contributed by atoms with Gasteiger partial charge < -0.3 is 15.2 Å². The van der Waals surface area contributed by atoms with Crippen LogP contribution in [-0.4, -0.2) is 31.7 Å². The Morgan fingerprint density at radius 2 is 1.85 bits per heavy atom. The molecule has 0 aliphatic rings. The number of fused-ring (bicyclic) bond motifs is 3. The van der Waals surface area contributed by atoms with Gasteiger partial charge in [-0.1, -0.05) is 30.3 Å². The first-order valence-electron chi connectivity index (χ1n) is 9.02. The van der Waals surface area contributed by atoms with Crippen LogP contribution in [0.5, 0.6) is 0 Å². The molecule has 0 bridgehead atoms. The van der Waals surface area contributed by atoms with Crippen molar-refractivity contribution < 1.29 is 4.79 Å². The number of nitrogens with one attached hydrogen (secondary N) is 2. The lowest BCUT2D eigenvalue weighted by molar-refractivity contribution is 0.252. The fourth-order valence-corrected chi connectivity index (χ4v) is 3.43. The SMILES string of the molecule is CCNC(=O)Nc1cc2c(cc(C)n2Cc2ccccc2)n2c(C)nnc12. The molecule has 0 atom stereocenters. The van der Waals surface area contributed by atoms with E-state index >= 15 is 0 Å². The number of aromatic nitrogens is 4. The second-order valence-electron chi connectivity index (χ2n) is 6.58. The van der Waals surface area contributed by atoms with Crippen LogP contribution < -0.4 is 10.6 Å². The summed E-state index contributed by atoms with van der Waals surface area (Å²) in [4.78, 5) is 12.1. The van der Waals surface area contributed by atoms with Crippen LogP contribution in [-0.2, 0) is 6.54 Å². The van der Waals surface area contributed by atoms with Crippen LogP contribution in [0.3, 0.4) is 0 Å². The molecule has 0 spiro atoms. The monoisotopic (exact) mass is 362 g/mol. The molecule has 27 heavy (non-hydrogen) atoms. The summed E-state index contributed by atoms with van der Waals surface area (Å²) in [6.07, 6.45) is 0. The zero-order chi connectivity index (χ0) is 19.0. The summed E-state index contributed by atoms with van der Waals surface area (Å²) in [5.74, 6) is 0.784. The fraction of sp³-hybridized carbons (Fsp3) is 0.250. The van der Waals surface area contributed by atoms with Crippen LogP contribution in [0.1, 0.15) is 24.0 Å². The summed E-state index contributed by atoms with van der Waals surface area (Å²) in [6, 6.07) is 14.2. The van der Waals surface area contributed by atoms with Crippen LogP contribution in [0.15, 0.2) is 42.5 Å². The summed E-state index contributed by atoms with van der Waals surface area (Å²) in [7, 11) is 0. The minimum absolute atomic E-state index is 0.253. The lowest BCUT2D eigenvalue weighted by atomic mass is 10.2. The number of hydrogen-bond donors (Lipinski definition) is 2. The molecule has 3 heterocycles. The van der Waals surface area contributed by atoms with E-state index in [1.807, 2.05) is 42.5 Å². The van der Waals surface area contributed by atoms with Gasteiger partial charge in [0.1, 0.15) is 5.82 Å². The molecule has 4 aromatic rings. The summed E-state index contributed by atoms with van der Waals surface area (Å²) in [5, 5.41) is 14.1. The molecule has 0 aliphatic carbocycles. The highest BCUT2D eigenvalue weighted by Crippen LogP contribution is 2.28. The smallest absolute Gasteiger partial charge is 0.319 e. The molecule has 1 aromatic carbocycles. The molecule has 7 nitrogen and oxygen atoms in total. The predicted molar refractivity (Wildman–Crippen MR) is 106 cm³/mol. The molecular formula is C20H22N6O. The molecule has 0 saturated carbocycles. The third-order valence-corrected chi connectivity index (χ3v) is 4.68. The molecule has 7 heteroatoms. The second kappa shape index (κ2) is 6.75. The van der Waals surface area contributed by atoms with E-state index in [2.05, 4.69) is 50.5 Å². The van der Waals surface area contributed by atoms with Gasteiger partial charge in [-0.15, -0.1) is 10.2 Å². The highest BCUT2D eigenvalue weighted by molar-refractivity contribution is 5.97. The Hall–Kier alpha value is -3.35. The maximum absolute atomic E-state index is 12.1. The van der Waals surface area contributed by atoms with Gasteiger partial charge in [0.05, 0.1) is 16.7 Å². The van der Waals surface area contributed by atoms with E-state index in [-0.39, 0.29) is 6.03 Å². The predicted octanol–water partition coefficient (Wildman–Crippen LogP) is 3.49. The highest BCUT2D eigenvalue weighted by atomic mass is 16.2. The van der Waals surface area contributed by atoms with Crippen LogP contribution in [0, 0.1) is 13.8 Å². The zero-order valence-electron chi connectivity index (χ0n) is 15.7. The number of nitrogens with zero attached hydrogens (tertiary/aromatic N) is 4. The number of urea groups is 1. The van der Waals surface area contributed by atoms with Gasteiger partial charge in [0.25, 0.3) is 0 Å². The van der Waals surface area contributed by atoms with Gasteiger partial charge in [-0.05, 0) is 38.5 Å². The molecule has 0 saturated heterocycles. The Morgan fingerprint density at radius 3 is 2.59 bits per heavy atom. The van der Waals surface area contributed by atoms with Gasteiger partial charge in [-0.2, -0.15) is 0 Å². The number of hydrogen-bond acceptors (Lipinski definition) is 3. The van der Waals surface area contributed by atoms with Crippen LogP contribution in [0.25, 0.3) is 16.7 Å². The number of benzene rings is 1. The van der Waals surface area contributed by atoms with Gasteiger partial charge >= 0.3 is 6.03 Å². The summed E-state index contributed by atoms with van der Waals surface area (Å²) in [5.41, 5.74) is 5.70. The van der Waals surface area contributed by atoms with Crippen molar-refractivity contribution in [2.75, 3.05) is 11.9 Å². The van der Waals surface area contributed by atoms with Gasteiger partial charge in [0.2, 0.25) is 0 Å². The first-order chi connectivity index (χ1) is 13.1. The normalized spacial score (nSPS) is 11.2. The van der Waals surface area contributed by atoms with Crippen LogP contribution >= 0.6 is 0 Å². The number of carbonyl (C=O) groups is 1. The number of rotatable bonds is 4. The van der Waals surface area contributed by atoms with Crippen LogP contribution in [0.2, 0.25) is 0 Å². The average Bonchev–Trinajstić information content (AvgIpc) is 3.18. The van der Waals surface area contributed by atoms with Crippen molar-refractivity contribution in [2.24, 2.45) is 0 Å². The highest BCUT2D eigenvalue weighted by Gasteiger charge is 2.17. The molecular weight excluding hydrogens is 340 g/mol. The fourth-order valence-electron chi connectivity index (χ4n) is 3.43. The standard InChI is InChI=1S/C20H22N6O/c1-4-21-20(27)22-16-11-17-18(26-14(3)23-24-19(16)26)10-13(2)25(17)12-15-8-6-5-7-9-15/h5-11H,4,12H2,1-3H3,(H2,21,22,27). The van der Waals surface area contributed by atoms with Crippen LogP contribution in [0.4, 0.5) is 10.5 Å². The molecule has 0 aliphatic heterocycles. The Morgan fingerprint density at radius 1 is 1.07 bits per heavy atom. The van der Waals surface area contributed by atoms with Gasteiger partial charge in [-0.3, -0.25) is 4.40 Å². The molecule has 2 N–H and O–H groups in total. The lowest BCUT2D eigenvalue weighted by Gasteiger charge is -2.12. The molecule has 138 valence electrons. The molecule has 0 unspecified atom stereocenters. The minimum Gasteiger partial charge on any atom is -0.339 e. The Bertz CT molecular complexity index is 1130. The van der Waals surface area contributed by atoms with Crippen molar-refractivity contribution in [1.82, 2.24) is 24.5 Å². The quantitative estimate of drug-likeness (QED) is 0.583. The van der Waals surface area contributed by atoms with E-state index in [0.29, 0.717) is 17.9 Å². The summed E-state index contributed by atoms with van der Waals surface area (Å²) < 4.78 is 4.23. The van der Waals surface area contributed by atoms with Crippen molar-refractivity contribution in [3.05, 3.63) is 59.5 Å². The topological polar surface area (TPSA) is 76.2 Å². The van der Waals surface area contributed by atoms with E-state index < -0.39 is 0 Å². The van der Waals surface area contributed by atoms with E-state index in [1.54, 1.807) is 0 Å². The van der Waals surface area contributed by atoms with Gasteiger partial charge in [0.15, 0.2) is 5.65 Å². The number of carbonyl (C=O) groups excluding carboxylic acids is 1. The first-order valence-corrected chi connectivity index (χ1v) is 9.02. The van der Waals surface area contributed by atoms with Crippen molar-refractivity contribution in [3.63, 3.8) is 0 Å². The average molecular weight is 362 g/mol. The lowest BCUT2D eigenvalue weighted by Crippen LogP contribution is -2.28. The number of amides is 2. The van der Waals surface area contributed by atoms with Crippen molar-refractivity contribution in [2.45, 2.75) is 27.3 Å². The molecule has 4 rings (SSSR count). The molecule has 0 fully saturated rings. The minimum atomic E-state index is -0.253. The summed E-state index contributed by atoms with van der Waals surface area (Å²) >= 11 is 0. The maximum atomic E-state index is 12.1. The second-order valence-corrected chi connectivity index (χ2v) is 6.58. The Kier molecular flexibility index (Phi) is 4.27. The van der Waals surface area contributed by atoms with E-state index in [0.717, 1.165) is 29.1 Å². The maximum Gasteiger partial charge on any atom is 0.319 e. The number of pyridine rings is 1. The third-order valence-electron chi connectivity index (χ3n) is 4.68. The molecule has 2 amide bonds. The molecule has 3 aromatic heterocycles. The number of aryl methyl sites for hydroxylation is 2. The first kappa shape index (κ1) is 17.1. The molecule has 0 radical (unpaired) electrons. The zero-order valence-corrected chi connectivity index (χ0v) is 15.7. The van der Waals surface area contributed by atoms with Crippen molar-refractivity contribution >= 4 is 28.4 Å². The van der Waals surface area contributed by atoms with Crippen molar-refractivity contribution in [3.8, 4) is 0 Å². The third kappa shape index (κ3) is 3.01.